The number of rotatable bonds is 6. The number of aliphatic hydroxyl groups is 1. The van der Waals surface area contributed by atoms with Crippen molar-refractivity contribution in [3.8, 4) is 0 Å². The Morgan fingerprint density at radius 2 is 1.94 bits per heavy atom. The predicted molar refractivity (Wildman–Crippen MR) is 62.7 cm³/mol. The SMILES string of the molecule is CCN(OC(=O)c1ccccc1)[C@@H](CO)C(=O)O. The molecule has 2 N–H and O–H groups in total. The Labute approximate surface area is 104 Å². The van der Waals surface area contributed by atoms with Gasteiger partial charge in [-0.3, -0.25) is 4.79 Å². The molecule has 0 aromatic heterocycles. The average molecular weight is 253 g/mol. The minimum atomic E-state index is -1.26. The van der Waals surface area contributed by atoms with Crippen LogP contribution in [-0.2, 0) is 9.63 Å². The molecule has 1 atom stereocenters. The highest BCUT2D eigenvalue weighted by Crippen LogP contribution is 2.07. The number of likely N-dealkylation sites (N-methyl/N-ethyl adjacent to an activating group) is 1. The van der Waals surface area contributed by atoms with E-state index in [9.17, 15) is 9.59 Å². The molecule has 0 saturated heterocycles. The molecule has 0 amide bonds. The highest BCUT2D eigenvalue weighted by molar-refractivity contribution is 5.89. The van der Waals surface area contributed by atoms with Gasteiger partial charge in [-0.25, -0.2) is 4.79 Å². The van der Waals surface area contributed by atoms with E-state index < -0.39 is 24.6 Å². The topological polar surface area (TPSA) is 87.1 Å². The van der Waals surface area contributed by atoms with Crippen LogP contribution in [0.5, 0.6) is 0 Å². The number of benzene rings is 1. The summed E-state index contributed by atoms with van der Waals surface area (Å²) in [5, 5.41) is 18.8. The van der Waals surface area contributed by atoms with Gasteiger partial charge in [0.25, 0.3) is 0 Å². The number of carboxylic acids is 1. The van der Waals surface area contributed by atoms with Crippen molar-refractivity contribution < 1.29 is 24.6 Å². The van der Waals surface area contributed by atoms with Gasteiger partial charge in [-0.05, 0) is 19.1 Å². The maximum atomic E-state index is 11.7. The van der Waals surface area contributed by atoms with Crippen LogP contribution in [-0.4, -0.2) is 46.4 Å². The highest BCUT2D eigenvalue weighted by Gasteiger charge is 2.27. The first-order valence-corrected chi connectivity index (χ1v) is 5.47. The van der Waals surface area contributed by atoms with Crippen molar-refractivity contribution in [3.05, 3.63) is 35.9 Å². The van der Waals surface area contributed by atoms with Gasteiger partial charge < -0.3 is 15.1 Å². The third-order valence-corrected chi connectivity index (χ3v) is 2.33. The Hall–Kier alpha value is -1.92. The molecular weight excluding hydrogens is 238 g/mol. The minimum Gasteiger partial charge on any atom is -0.480 e. The standard InChI is InChI=1S/C12H15NO5/c1-2-13(10(8-14)11(15)16)18-12(17)9-6-4-3-5-7-9/h3-7,10,14H,2,8H2,1H3,(H,15,16)/t10-/m0/s1. The van der Waals surface area contributed by atoms with E-state index in [0.29, 0.717) is 5.56 Å². The van der Waals surface area contributed by atoms with Crippen LogP contribution in [0.25, 0.3) is 0 Å². The summed E-state index contributed by atoms with van der Waals surface area (Å²) in [4.78, 5) is 27.5. The first-order valence-electron chi connectivity index (χ1n) is 5.47. The lowest BCUT2D eigenvalue weighted by Gasteiger charge is -2.24. The second-order valence-corrected chi connectivity index (χ2v) is 3.51. The Morgan fingerprint density at radius 3 is 2.39 bits per heavy atom. The molecule has 1 aromatic carbocycles. The molecule has 0 unspecified atom stereocenters. The molecule has 6 nitrogen and oxygen atoms in total. The van der Waals surface area contributed by atoms with Crippen molar-refractivity contribution in [2.24, 2.45) is 0 Å². The molecule has 0 radical (unpaired) electrons. The fraction of sp³-hybridized carbons (Fsp3) is 0.333. The molecule has 0 heterocycles. The molecule has 0 aliphatic rings. The lowest BCUT2D eigenvalue weighted by Crippen LogP contribution is -2.44. The van der Waals surface area contributed by atoms with E-state index in [1.807, 2.05) is 0 Å². The van der Waals surface area contributed by atoms with Gasteiger partial charge in [0.2, 0.25) is 0 Å². The van der Waals surface area contributed by atoms with E-state index in [4.69, 9.17) is 15.1 Å². The Kier molecular flexibility index (Phi) is 5.29. The second-order valence-electron chi connectivity index (χ2n) is 3.51. The smallest absolute Gasteiger partial charge is 0.357 e. The van der Waals surface area contributed by atoms with Gasteiger partial charge in [0.1, 0.15) is 0 Å². The summed E-state index contributed by atoms with van der Waals surface area (Å²) in [7, 11) is 0. The Balaban J connectivity index is 2.74. The number of nitrogens with zero attached hydrogens (tertiary/aromatic N) is 1. The number of hydrogen-bond acceptors (Lipinski definition) is 5. The third-order valence-electron chi connectivity index (χ3n) is 2.33. The van der Waals surface area contributed by atoms with Gasteiger partial charge >= 0.3 is 11.9 Å². The maximum Gasteiger partial charge on any atom is 0.357 e. The zero-order valence-corrected chi connectivity index (χ0v) is 9.94. The summed E-state index contributed by atoms with van der Waals surface area (Å²) >= 11 is 0. The zero-order valence-electron chi connectivity index (χ0n) is 9.94. The summed E-state index contributed by atoms with van der Waals surface area (Å²) < 4.78 is 0. The first kappa shape index (κ1) is 14.1. The van der Waals surface area contributed by atoms with E-state index in [0.717, 1.165) is 5.06 Å². The molecule has 0 aliphatic carbocycles. The fourth-order valence-electron chi connectivity index (χ4n) is 1.37. The van der Waals surface area contributed by atoms with Crippen LogP contribution < -0.4 is 0 Å². The lowest BCUT2D eigenvalue weighted by atomic mass is 10.2. The van der Waals surface area contributed by atoms with Crippen LogP contribution in [0.2, 0.25) is 0 Å². The molecule has 0 saturated carbocycles. The number of carbonyl (C=O) groups excluding carboxylic acids is 1. The van der Waals surface area contributed by atoms with Crippen LogP contribution in [0.3, 0.4) is 0 Å². The van der Waals surface area contributed by atoms with E-state index in [1.165, 1.54) is 0 Å². The van der Waals surface area contributed by atoms with E-state index in [-0.39, 0.29) is 6.54 Å². The van der Waals surface area contributed by atoms with Crippen molar-refractivity contribution in [2.75, 3.05) is 13.2 Å². The highest BCUT2D eigenvalue weighted by atomic mass is 16.7. The number of aliphatic hydroxyl groups excluding tert-OH is 1. The van der Waals surface area contributed by atoms with Crippen LogP contribution >= 0.6 is 0 Å². The predicted octanol–water partition coefficient (Wildman–Crippen LogP) is 0.526. The third kappa shape index (κ3) is 3.54. The number of carbonyl (C=O) groups is 2. The van der Waals surface area contributed by atoms with Crippen LogP contribution in [0.1, 0.15) is 17.3 Å². The first-order chi connectivity index (χ1) is 8.60. The van der Waals surface area contributed by atoms with Crippen LogP contribution in [0.4, 0.5) is 0 Å². The second kappa shape index (κ2) is 6.73. The van der Waals surface area contributed by atoms with Crippen molar-refractivity contribution >= 4 is 11.9 Å². The summed E-state index contributed by atoms with van der Waals surface area (Å²) in [6.45, 7) is 1.16. The molecular formula is C12H15NO5. The molecule has 0 bridgehead atoms. The summed E-state index contributed by atoms with van der Waals surface area (Å²) in [6.07, 6.45) is 0. The average Bonchev–Trinajstić information content (AvgIpc) is 2.38. The molecule has 0 spiro atoms. The lowest BCUT2D eigenvalue weighted by molar-refractivity contribution is -0.175. The van der Waals surface area contributed by atoms with E-state index in [2.05, 4.69) is 0 Å². The van der Waals surface area contributed by atoms with Crippen molar-refractivity contribution in [1.29, 1.82) is 0 Å². The molecule has 98 valence electrons. The van der Waals surface area contributed by atoms with Crippen molar-refractivity contribution in [3.63, 3.8) is 0 Å². The number of hydroxylamine groups is 2. The largest absolute Gasteiger partial charge is 0.480 e. The zero-order chi connectivity index (χ0) is 13.5. The molecule has 1 aromatic rings. The maximum absolute atomic E-state index is 11.7. The van der Waals surface area contributed by atoms with Crippen molar-refractivity contribution in [1.82, 2.24) is 5.06 Å². The van der Waals surface area contributed by atoms with Gasteiger partial charge in [-0.1, -0.05) is 18.2 Å². The van der Waals surface area contributed by atoms with Crippen molar-refractivity contribution in [2.45, 2.75) is 13.0 Å². The summed E-state index contributed by atoms with van der Waals surface area (Å²) in [5.74, 6) is -1.91. The van der Waals surface area contributed by atoms with Crippen LogP contribution in [0, 0.1) is 0 Å². The Morgan fingerprint density at radius 1 is 1.33 bits per heavy atom. The van der Waals surface area contributed by atoms with Gasteiger partial charge in [0.15, 0.2) is 6.04 Å². The quantitative estimate of drug-likeness (QED) is 0.719. The normalized spacial score (nSPS) is 12.2. The van der Waals surface area contributed by atoms with Gasteiger partial charge in [-0.15, -0.1) is 5.06 Å². The monoisotopic (exact) mass is 253 g/mol. The summed E-state index contributed by atoms with van der Waals surface area (Å²) in [5.41, 5.74) is 0.318. The molecule has 18 heavy (non-hydrogen) atoms. The molecule has 0 aliphatic heterocycles. The summed E-state index contributed by atoms with van der Waals surface area (Å²) in [6, 6.07) is 6.96. The van der Waals surface area contributed by atoms with E-state index in [1.54, 1.807) is 37.3 Å². The fourth-order valence-corrected chi connectivity index (χ4v) is 1.37. The molecule has 1 rings (SSSR count). The van der Waals surface area contributed by atoms with E-state index >= 15 is 0 Å². The van der Waals surface area contributed by atoms with Crippen LogP contribution in [0.15, 0.2) is 30.3 Å². The molecule has 6 heteroatoms. The van der Waals surface area contributed by atoms with Gasteiger partial charge in [0.05, 0.1) is 12.2 Å². The number of aliphatic carboxylic acids is 1. The van der Waals surface area contributed by atoms with Gasteiger partial charge in [0, 0.05) is 6.54 Å². The number of carboxylic acid groups (broad SMARTS) is 1. The minimum absolute atomic E-state index is 0.163. The van der Waals surface area contributed by atoms with Gasteiger partial charge in [-0.2, -0.15) is 0 Å². The molecule has 0 fully saturated rings. The number of hydrogen-bond donors (Lipinski definition) is 2. The Bertz CT molecular complexity index is 406.